The van der Waals surface area contributed by atoms with Gasteiger partial charge in [-0.05, 0) is 44.0 Å². The van der Waals surface area contributed by atoms with Crippen molar-refractivity contribution in [2.75, 3.05) is 26.7 Å². The van der Waals surface area contributed by atoms with Crippen molar-refractivity contribution in [2.24, 2.45) is 0 Å². The van der Waals surface area contributed by atoms with E-state index < -0.39 is 0 Å². The van der Waals surface area contributed by atoms with E-state index in [1.54, 1.807) is 18.4 Å². The Balaban J connectivity index is 1.42. The van der Waals surface area contributed by atoms with E-state index in [4.69, 9.17) is 4.74 Å². The molecule has 5 nitrogen and oxygen atoms in total. The quantitative estimate of drug-likeness (QED) is 0.787. The molecule has 0 spiro atoms. The van der Waals surface area contributed by atoms with E-state index in [2.05, 4.69) is 15.2 Å². The minimum atomic E-state index is 0.0212. The number of carbonyl (C=O) groups is 1. The number of hydrogen-bond donors (Lipinski definition) is 1. The number of ether oxygens (including phenoxy) is 1. The summed E-state index contributed by atoms with van der Waals surface area (Å²) in [4.78, 5) is 19.2. The lowest BCUT2D eigenvalue weighted by Gasteiger charge is -2.11. The molecule has 1 amide bonds. The van der Waals surface area contributed by atoms with Gasteiger partial charge in [-0.3, -0.25) is 9.69 Å². The van der Waals surface area contributed by atoms with Crippen molar-refractivity contribution >= 4 is 17.2 Å². The molecule has 25 heavy (non-hydrogen) atoms. The number of amides is 1. The second-order valence-corrected chi connectivity index (χ2v) is 7.25. The summed E-state index contributed by atoms with van der Waals surface area (Å²) in [5, 5.41) is 6.09. The summed E-state index contributed by atoms with van der Waals surface area (Å²) >= 11 is 1.65. The van der Waals surface area contributed by atoms with Gasteiger partial charge < -0.3 is 10.1 Å². The third kappa shape index (κ3) is 5.28. The number of rotatable bonds is 8. The van der Waals surface area contributed by atoms with Gasteiger partial charge in [-0.1, -0.05) is 18.2 Å². The number of nitrogens with zero attached hydrogens (tertiary/aromatic N) is 2. The van der Waals surface area contributed by atoms with Crippen molar-refractivity contribution in [3.8, 4) is 5.75 Å². The maximum absolute atomic E-state index is 12.1. The number of para-hydroxylation sites is 1. The Morgan fingerprint density at radius 1 is 1.32 bits per heavy atom. The Labute approximate surface area is 153 Å². The van der Waals surface area contributed by atoms with Gasteiger partial charge in [-0.25, -0.2) is 4.98 Å². The van der Waals surface area contributed by atoms with Crippen LogP contribution in [0.3, 0.4) is 0 Å². The summed E-state index contributed by atoms with van der Waals surface area (Å²) < 4.78 is 5.33. The average Bonchev–Trinajstić information content (AvgIpc) is 3.28. The molecule has 0 saturated carbocycles. The maximum atomic E-state index is 12.1. The first kappa shape index (κ1) is 17.9. The highest BCUT2D eigenvalue weighted by atomic mass is 32.1. The van der Waals surface area contributed by atoms with Crippen molar-refractivity contribution in [1.29, 1.82) is 0 Å². The van der Waals surface area contributed by atoms with Crippen LogP contribution in [0.15, 0.2) is 29.6 Å². The zero-order chi connectivity index (χ0) is 17.5. The second kappa shape index (κ2) is 8.97. The van der Waals surface area contributed by atoms with Crippen LogP contribution in [0.5, 0.6) is 5.75 Å². The first-order valence-corrected chi connectivity index (χ1v) is 9.67. The SMILES string of the molecule is COc1ccccc1CCNC(=O)Cc1csc(CN2CCCC2)n1. The Kier molecular flexibility index (Phi) is 6.42. The smallest absolute Gasteiger partial charge is 0.226 e. The molecule has 1 aliphatic rings. The van der Waals surface area contributed by atoms with Crippen LogP contribution in [0.1, 0.15) is 29.1 Å². The Morgan fingerprint density at radius 2 is 2.12 bits per heavy atom. The molecule has 6 heteroatoms. The Hall–Kier alpha value is -1.92. The molecule has 0 radical (unpaired) electrons. The summed E-state index contributed by atoms with van der Waals surface area (Å²) in [6.45, 7) is 3.85. The van der Waals surface area contributed by atoms with Crippen LogP contribution < -0.4 is 10.1 Å². The van der Waals surface area contributed by atoms with Crippen LogP contribution >= 0.6 is 11.3 Å². The van der Waals surface area contributed by atoms with E-state index >= 15 is 0 Å². The molecular weight excluding hydrogens is 334 g/mol. The van der Waals surface area contributed by atoms with Gasteiger partial charge in [-0.15, -0.1) is 11.3 Å². The molecule has 1 aliphatic heterocycles. The normalized spacial score (nSPS) is 14.6. The van der Waals surface area contributed by atoms with Crippen LogP contribution in [0.2, 0.25) is 0 Å². The predicted molar refractivity (Wildman–Crippen MR) is 100 cm³/mol. The lowest BCUT2D eigenvalue weighted by Crippen LogP contribution is -2.27. The van der Waals surface area contributed by atoms with Gasteiger partial charge in [0.25, 0.3) is 0 Å². The highest BCUT2D eigenvalue weighted by molar-refractivity contribution is 7.09. The molecule has 0 bridgehead atoms. The number of methoxy groups -OCH3 is 1. The highest BCUT2D eigenvalue weighted by Crippen LogP contribution is 2.18. The zero-order valence-electron chi connectivity index (χ0n) is 14.7. The van der Waals surface area contributed by atoms with Crippen LogP contribution in [0.4, 0.5) is 0 Å². The number of carbonyl (C=O) groups excluding carboxylic acids is 1. The number of hydrogen-bond acceptors (Lipinski definition) is 5. The van der Waals surface area contributed by atoms with E-state index in [9.17, 15) is 4.79 Å². The molecule has 1 aromatic heterocycles. The van der Waals surface area contributed by atoms with Gasteiger partial charge >= 0.3 is 0 Å². The fraction of sp³-hybridized carbons (Fsp3) is 0.474. The van der Waals surface area contributed by atoms with Crippen molar-refractivity contribution in [2.45, 2.75) is 32.2 Å². The molecule has 2 aromatic rings. The minimum absolute atomic E-state index is 0.0212. The highest BCUT2D eigenvalue weighted by Gasteiger charge is 2.14. The lowest BCUT2D eigenvalue weighted by molar-refractivity contribution is -0.120. The summed E-state index contributed by atoms with van der Waals surface area (Å²) in [6.07, 6.45) is 3.68. The van der Waals surface area contributed by atoms with Crippen LogP contribution in [0, 0.1) is 0 Å². The fourth-order valence-corrected chi connectivity index (χ4v) is 3.94. The van der Waals surface area contributed by atoms with Crippen molar-refractivity contribution in [3.05, 3.63) is 45.9 Å². The van der Waals surface area contributed by atoms with Crippen LogP contribution in [-0.2, 0) is 24.2 Å². The molecule has 1 fully saturated rings. The lowest BCUT2D eigenvalue weighted by atomic mass is 10.1. The molecule has 1 saturated heterocycles. The number of nitrogens with one attached hydrogen (secondary N) is 1. The van der Waals surface area contributed by atoms with Gasteiger partial charge in [0.2, 0.25) is 5.91 Å². The van der Waals surface area contributed by atoms with E-state index in [0.29, 0.717) is 13.0 Å². The summed E-state index contributed by atoms with van der Waals surface area (Å²) in [7, 11) is 1.67. The minimum Gasteiger partial charge on any atom is -0.496 e. The summed E-state index contributed by atoms with van der Waals surface area (Å²) in [6, 6.07) is 7.89. The van der Waals surface area contributed by atoms with Crippen molar-refractivity contribution < 1.29 is 9.53 Å². The Morgan fingerprint density at radius 3 is 2.92 bits per heavy atom. The molecule has 0 aliphatic carbocycles. The van der Waals surface area contributed by atoms with Gasteiger partial charge in [0.1, 0.15) is 10.8 Å². The molecule has 2 heterocycles. The van der Waals surface area contributed by atoms with E-state index in [1.807, 2.05) is 29.6 Å². The third-order valence-electron chi connectivity index (χ3n) is 4.41. The molecule has 0 atom stereocenters. The van der Waals surface area contributed by atoms with Gasteiger partial charge in [0.15, 0.2) is 0 Å². The van der Waals surface area contributed by atoms with E-state index in [-0.39, 0.29) is 5.91 Å². The van der Waals surface area contributed by atoms with Crippen molar-refractivity contribution in [3.63, 3.8) is 0 Å². The van der Waals surface area contributed by atoms with Crippen molar-refractivity contribution in [1.82, 2.24) is 15.2 Å². The predicted octanol–water partition coefficient (Wildman–Crippen LogP) is 2.65. The third-order valence-corrected chi connectivity index (χ3v) is 5.29. The molecule has 1 N–H and O–H groups in total. The molecule has 3 rings (SSSR count). The van der Waals surface area contributed by atoms with Gasteiger partial charge in [0, 0.05) is 11.9 Å². The number of thiazole rings is 1. The first-order chi connectivity index (χ1) is 12.2. The van der Waals surface area contributed by atoms with E-state index in [1.165, 1.54) is 25.9 Å². The molecule has 0 unspecified atom stereocenters. The number of aromatic nitrogens is 1. The fourth-order valence-electron chi connectivity index (χ4n) is 3.11. The van der Waals surface area contributed by atoms with Gasteiger partial charge in [0.05, 0.1) is 25.8 Å². The largest absolute Gasteiger partial charge is 0.496 e. The molecule has 1 aromatic carbocycles. The Bertz CT molecular complexity index is 695. The number of benzene rings is 1. The molecular formula is C19H25N3O2S. The maximum Gasteiger partial charge on any atom is 0.226 e. The monoisotopic (exact) mass is 359 g/mol. The van der Waals surface area contributed by atoms with Gasteiger partial charge in [-0.2, -0.15) is 0 Å². The summed E-state index contributed by atoms with van der Waals surface area (Å²) in [5.74, 6) is 0.885. The average molecular weight is 359 g/mol. The zero-order valence-corrected chi connectivity index (χ0v) is 15.5. The van der Waals surface area contributed by atoms with E-state index in [0.717, 1.165) is 35.0 Å². The van der Waals surface area contributed by atoms with Crippen LogP contribution in [-0.4, -0.2) is 42.5 Å². The standard InChI is InChI=1S/C19H25N3O2S/c1-24-17-7-3-2-6-15(17)8-9-20-18(23)12-16-14-25-19(21-16)13-22-10-4-5-11-22/h2-3,6-7,14H,4-5,8-13H2,1H3,(H,20,23). The second-order valence-electron chi connectivity index (χ2n) is 6.30. The van der Waals surface area contributed by atoms with Crippen LogP contribution in [0.25, 0.3) is 0 Å². The number of likely N-dealkylation sites (tertiary alicyclic amines) is 1. The first-order valence-electron chi connectivity index (χ1n) is 8.79. The summed E-state index contributed by atoms with van der Waals surface area (Å²) in [5.41, 5.74) is 1.97. The molecule has 134 valence electrons. The topological polar surface area (TPSA) is 54.5 Å².